The summed E-state index contributed by atoms with van der Waals surface area (Å²) < 4.78 is 0. The second kappa shape index (κ2) is 5.63. The zero-order valence-electron chi connectivity index (χ0n) is 12.6. The molecular weight excluding hydrogens is 258 g/mol. The van der Waals surface area contributed by atoms with Crippen LogP contribution in [0.4, 0.5) is 0 Å². The molecule has 0 aromatic heterocycles. The van der Waals surface area contributed by atoms with Gasteiger partial charge in [-0.3, -0.25) is 4.79 Å². The van der Waals surface area contributed by atoms with Crippen LogP contribution >= 0.6 is 11.6 Å². The molecule has 1 N–H and O–H groups in total. The lowest BCUT2D eigenvalue weighted by molar-refractivity contribution is -0.126. The number of alkyl halides is 1. The molecule has 0 unspecified atom stereocenters. The van der Waals surface area contributed by atoms with Crippen molar-refractivity contribution in [2.45, 2.75) is 59.3 Å². The van der Waals surface area contributed by atoms with E-state index in [1.54, 1.807) is 0 Å². The lowest BCUT2D eigenvalue weighted by Crippen LogP contribution is -2.38. The Hall–Kier alpha value is -0.240. The summed E-state index contributed by atoms with van der Waals surface area (Å²) in [4.78, 5) is 12.2. The molecule has 2 aliphatic rings. The van der Waals surface area contributed by atoms with E-state index in [9.17, 15) is 4.79 Å². The summed E-state index contributed by atoms with van der Waals surface area (Å²) in [5.74, 6) is 1.96. The van der Waals surface area contributed by atoms with Crippen molar-refractivity contribution in [3.05, 3.63) is 0 Å². The van der Waals surface area contributed by atoms with Crippen molar-refractivity contribution in [3.63, 3.8) is 0 Å². The number of halogens is 1. The minimum atomic E-state index is 0.236. The van der Waals surface area contributed by atoms with Crippen LogP contribution in [0.25, 0.3) is 0 Å². The minimum absolute atomic E-state index is 0.236. The van der Waals surface area contributed by atoms with E-state index in [4.69, 9.17) is 11.6 Å². The van der Waals surface area contributed by atoms with E-state index in [2.05, 4.69) is 26.1 Å². The van der Waals surface area contributed by atoms with Crippen molar-refractivity contribution in [1.29, 1.82) is 0 Å². The van der Waals surface area contributed by atoms with Gasteiger partial charge in [0.25, 0.3) is 0 Å². The Morgan fingerprint density at radius 2 is 1.79 bits per heavy atom. The predicted octanol–water partition coefficient (Wildman–Crippen LogP) is 3.97. The van der Waals surface area contributed by atoms with Crippen molar-refractivity contribution < 1.29 is 4.79 Å². The predicted molar refractivity (Wildman–Crippen MR) is 80.3 cm³/mol. The number of nitrogens with one attached hydrogen (secondary N) is 1. The molecule has 0 bridgehead atoms. The molecule has 2 rings (SSSR count). The smallest absolute Gasteiger partial charge is 0.223 e. The third-order valence-corrected chi connectivity index (χ3v) is 5.77. The molecule has 2 fully saturated rings. The Morgan fingerprint density at radius 1 is 1.21 bits per heavy atom. The van der Waals surface area contributed by atoms with Gasteiger partial charge >= 0.3 is 0 Å². The Labute approximate surface area is 122 Å². The van der Waals surface area contributed by atoms with Crippen LogP contribution in [0.5, 0.6) is 0 Å². The zero-order valence-corrected chi connectivity index (χ0v) is 13.4. The summed E-state index contributed by atoms with van der Waals surface area (Å²) >= 11 is 5.94. The van der Waals surface area contributed by atoms with Crippen molar-refractivity contribution in [1.82, 2.24) is 5.32 Å². The van der Waals surface area contributed by atoms with Crippen LogP contribution in [0.15, 0.2) is 0 Å². The zero-order chi connectivity index (χ0) is 14.1. The quantitative estimate of drug-likeness (QED) is 0.778. The molecule has 0 atom stereocenters. The first-order chi connectivity index (χ1) is 8.86. The molecule has 0 radical (unpaired) electrons. The first kappa shape index (κ1) is 15.2. The number of hydrogen-bond acceptors (Lipinski definition) is 1. The normalized spacial score (nSPS) is 29.9. The lowest BCUT2D eigenvalue weighted by Gasteiger charge is -2.36. The first-order valence-corrected chi connectivity index (χ1v) is 8.23. The average molecular weight is 286 g/mol. The molecule has 0 heterocycles. The SMILES string of the molecule is CC(C)(C)C1CCC(C(=O)NCC2(CCl)CC2)CC1. The summed E-state index contributed by atoms with van der Waals surface area (Å²) in [6, 6.07) is 0. The van der Waals surface area contributed by atoms with Gasteiger partial charge in [-0.15, -0.1) is 11.6 Å². The fourth-order valence-corrected chi connectivity index (χ4v) is 3.54. The maximum atomic E-state index is 12.2. The van der Waals surface area contributed by atoms with E-state index in [0.717, 1.165) is 25.3 Å². The second-order valence-corrected chi connectivity index (χ2v) is 8.03. The fourth-order valence-electron chi connectivity index (χ4n) is 3.18. The maximum absolute atomic E-state index is 12.2. The van der Waals surface area contributed by atoms with E-state index < -0.39 is 0 Å². The Kier molecular flexibility index (Phi) is 4.49. The van der Waals surface area contributed by atoms with Crippen LogP contribution in [-0.4, -0.2) is 18.3 Å². The summed E-state index contributed by atoms with van der Waals surface area (Å²) in [6.07, 6.45) is 6.86. The van der Waals surface area contributed by atoms with E-state index in [1.165, 1.54) is 25.7 Å². The highest BCUT2D eigenvalue weighted by atomic mass is 35.5. The van der Waals surface area contributed by atoms with Gasteiger partial charge in [0.05, 0.1) is 0 Å². The Balaban J connectivity index is 1.73. The summed E-state index contributed by atoms with van der Waals surface area (Å²) in [7, 11) is 0. The van der Waals surface area contributed by atoms with Gasteiger partial charge in [-0.25, -0.2) is 0 Å². The number of carbonyl (C=O) groups is 1. The van der Waals surface area contributed by atoms with Crippen LogP contribution in [0.3, 0.4) is 0 Å². The molecule has 110 valence electrons. The van der Waals surface area contributed by atoms with Crippen LogP contribution in [0.2, 0.25) is 0 Å². The molecular formula is C16H28ClNO. The van der Waals surface area contributed by atoms with Gasteiger partial charge in [0.2, 0.25) is 5.91 Å². The molecule has 3 heteroatoms. The summed E-state index contributed by atoms with van der Waals surface area (Å²) in [5, 5.41) is 3.14. The topological polar surface area (TPSA) is 29.1 Å². The van der Waals surface area contributed by atoms with Gasteiger partial charge < -0.3 is 5.32 Å². The molecule has 2 nitrogen and oxygen atoms in total. The van der Waals surface area contributed by atoms with E-state index in [1.807, 2.05) is 0 Å². The second-order valence-electron chi connectivity index (χ2n) is 7.77. The highest BCUT2D eigenvalue weighted by Crippen LogP contribution is 2.46. The van der Waals surface area contributed by atoms with Crippen molar-refractivity contribution in [2.24, 2.45) is 22.7 Å². The largest absolute Gasteiger partial charge is 0.355 e. The van der Waals surface area contributed by atoms with Crippen LogP contribution in [0.1, 0.15) is 59.3 Å². The van der Waals surface area contributed by atoms with Crippen LogP contribution in [0, 0.1) is 22.7 Å². The van der Waals surface area contributed by atoms with E-state index in [0.29, 0.717) is 11.3 Å². The standard InChI is InChI=1S/C16H28ClNO/c1-15(2,3)13-6-4-12(5-7-13)14(19)18-11-16(10-17)8-9-16/h12-13H,4-11H2,1-3H3,(H,18,19). The van der Waals surface area contributed by atoms with Crippen molar-refractivity contribution in [3.8, 4) is 0 Å². The van der Waals surface area contributed by atoms with Gasteiger partial charge in [0.1, 0.15) is 0 Å². The van der Waals surface area contributed by atoms with Crippen molar-refractivity contribution >= 4 is 17.5 Å². The van der Waals surface area contributed by atoms with E-state index >= 15 is 0 Å². The molecule has 0 spiro atoms. The number of rotatable bonds is 4. The summed E-state index contributed by atoms with van der Waals surface area (Å²) in [5.41, 5.74) is 0.623. The Bertz CT molecular complexity index is 322. The van der Waals surface area contributed by atoms with Crippen LogP contribution < -0.4 is 5.32 Å². The number of amides is 1. The van der Waals surface area contributed by atoms with Gasteiger partial charge in [0, 0.05) is 23.8 Å². The fraction of sp³-hybridized carbons (Fsp3) is 0.938. The maximum Gasteiger partial charge on any atom is 0.223 e. The highest BCUT2D eigenvalue weighted by molar-refractivity contribution is 6.18. The summed E-state index contributed by atoms with van der Waals surface area (Å²) in [6.45, 7) is 7.73. The molecule has 0 aromatic rings. The van der Waals surface area contributed by atoms with Gasteiger partial charge in [-0.05, 0) is 49.9 Å². The van der Waals surface area contributed by atoms with Gasteiger partial charge in [-0.1, -0.05) is 20.8 Å². The number of hydrogen-bond donors (Lipinski definition) is 1. The van der Waals surface area contributed by atoms with Crippen molar-refractivity contribution in [2.75, 3.05) is 12.4 Å². The molecule has 0 saturated heterocycles. The van der Waals surface area contributed by atoms with E-state index in [-0.39, 0.29) is 17.2 Å². The monoisotopic (exact) mass is 285 g/mol. The lowest BCUT2D eigenvalue weighted by atomic mass is 9.69. The molecule has 19 heavy (non-hydrogen) atoms. The average Bonchev–Trinajstić information content (AvgIpc) is 3.16. The molecule has 2 saturated carbocycles. The molecule has 1 amide bonds. The third kappa shape index (κ3) is 3.87. The minimum Gasteiger partial charge on any atom is -0.355 e. The molecule has 0 aromatic carbocycles. The molecule has 2 aliphatic carbocycles. The van der Waals surface area contributed by atoms with Gasteiger partial charge in [0.15, 0.2) is 0 Å². The third-order valence-electron chi connectivity index (χ3n) is 5.20. The van der Waals surface area contributed by atoms with Gasteiger partial charge in [-0.2, -0.15) is 0 Å². The van der Waals surface area contributed by atoms with Crippen LogP contribution in [-0.2, 0) is 4.79 Å². The number of carbonyl (C=O) groups excluding carboxylic acids is 1. The molecule has 0 aliphatic heterocycles. The first-order valence-electron chi connectivity index (χ1n) is 7.70. The highest BCUT2D eigenvalue weighted by Gasteiger charge is 2.42. The Morgan fingerprint density at radius 3 is 2.21 bits per heavy atom.